The number of aliphatic hydroxyl groups is 5. The van der Waals surface area contributed by atoms with E-state index >= 15 is 0 Å². The predicted molar refractivity (Wildman–Crippen MR) is 433 cm³/mol. The number of nitrogens with two attached hydrogens (primary N) is 3. The molecule has 14 atom stereocenters. The third kappa shape index (κ3) is 30.4. The summed E-state index contributed by atoms with van der Waals surface area (Å²) in [5.41, 5.74) is 22.3. The zero-order chi connectivity index (χ0) is 84.3. The van der Waals surface area contributed by atoms with E-state index in [0.717, 1.165) is 10.5 Å². The number of Topliss-reactive ketones (excluding diaryl/α,β-unsaturated/α-hetero) is 1. The first-order chi connectivity index (χ1) is 55.6. The number of anilines is 3. The maximum atomic E-state index is 14.5. The molecule has 0 spiro atoms. The summed E-state index contributed by atoms with van der Waals surface area (Å²) in [5.74, 6) is -6.41. The largest absolute Gasteiger partial charge is 0.459 e. The van der Waals surface area contributed by atoms with Gasteiger partial charge >= 0.3 is 5.97 Å². The van der Waals surface area contributed by atoms with Crippen molar-refractivity contribution in [2.45, 2.75) is 224 Å². The van der Waals surface area contributed by atoms with Gasteiger partial charge in [0.25, 0.3) is 23.6 Å². The van der Waals surface area contributed by atoms with Gasteiger partial charge < -0.3 is 120 Å². The van der Waals surface area contributed by atoms with Crippen LogP contribution in [0, 0.1) is 29.1 Å². The first kappa shape index (κ1) is 95.6. The number of nitrogen functional groups attached to an aromatic ring is 2. The Hall–Kier alpha value is -7.52. The van der Waals surface area contributed by atoms with Crippen molar-refractivity contribution in [2.24, 2.45) is 34.6 Å². The first-order valence-corrected chi connectivity index (χ1v) is 41.0. The second-order valence-corrected chi connectivity index (χ2v) is 31.0. The molecule has 5 heterocycles. The van der Waals surface area contributed by atoms with E-state index in [1.165, 1.54) is 13.4 Å². The van der Waals surface area contributed by atoms with Crippen LogP contribution in [-0.4, -0.2) is 290 Å². The van der Waals surface area contributed by atoms with Crippen molar-refractivity contribution < 1.29 is 106 Å². The summed E-state index contributed by atoms with van der Waals surface area (Å²) >= 11 is 0. The van der Waals surface area contributed by atoms with Gasteiger partial charge in [-0.1, -0.05) is 57.2 Å². The number of ketones is 1. The van der Waals surface area contributed by atoms with E-state index in [4.69, 9.17) is 79.2 Å². The highest BCUT2D eigenvalue weighted by atomic mass is 16.6. The number of carbonyl (C=O) groups excluding carboxylic acids is 5. The number of amides is 3. The average molecular weight is 1640 g/mol. The fourth-order valence-electron chi connectivity index (χ4n) is 15.0. The van der Waals surface area contributed by atoms with Gasteiger partial charge in [0.15, 0.2) is 12.2 Å². The van der Waals surface area contributed by atoms with Crippen LogP contribution in [0.15, 0.2) is 69.5 Å². The number of rotatable bonds is 51. The Balaban J connectivity index is 0.747. The molecule has 0 bridgehead atoms. The predicted octanol–water partition coefficient (Wildman–Crippen LogP) is 5.26. The molecule has 3 aliphatic heterocycles. The van der Waals surface area contributed by atoms with Crippen LogP contribution in [0.1, 0.15) is 162 Å². The van der Waals surface area contributed by atoms with E-state index in [0.29, 0.717) is 178 Å². The summed E-state index contributed by atoms with van der Waals surface area (Å²) in [6, 6.07) is 3.09. The topological polar surface area (TPSA) is 485 Å². The van der Waals surface area contributed by atoms with Crippen LogP contribution in [0.5, 0.6) is 0 Å². The lowest BCUT2D eigenvalue weighted by molar-refractivity contribution is -0.245. The van der Waals surface area contributed by atoms with E-state index in [2.05, 4.69) is 30.7 Å². The fraction of sp³-hybridized carbons (Fsp3) is 0.707. The normalized spacial score (nSPS) is 22.2. The van der Waals surface area contributed by atoms with E-state index < -0.39 is 103 Å². The number of nitrogens with zero attached hydrogens (tertiary/aromatic N) is 6. The molecule has 3 aromatic rings. The number of carbonyl (C=O) groups is 5. The Kier molecular flexibility index (Phi) is 41.0. The summed E-state index contributed by atoms with van der Waals surface area (Å²) < 4.78 is 62.6. The van der Waals surface area contributed by atoms with Crippen LogP contribution >= 0.6 is 0 Å². The lowest BCUT2D eigenvalue weighted by Crippen LogP contribution is -2.58. The third-order valence-corrected chi connectivity index (χ3v) is 21.6. The van der Waals surface area contributed by atoms with Crippen LogP contribution in [0.2, 0.25) is 0 Å². The van der Waals surface area contributed by atoms with Gasteiger partial charge in [-0.05, 0) is 139 Å². The molecule has 3 amide bonds. The van der Waals surface area contributed by atoms with Crippen molar-refractivity contribution in [3.63, 3.8) is 0 Å². The van der Waals surface area contributed by atoms with Crippen molar-refractivity contribution in [3.05, 3.63) is 71.1 Å². The molecule has 34 heteroatoms. The molecule has 14 N–H and O–H groups in total. The molecular weight excluding hydrogens is 1500 g/mol. The number of methoxy groups -OCH3 is 2. The van der Waals surface area contributed by atoms with Gasteiger partial charge in [0, 0.05) is 89.1 Å². The minimum absolute atomic E-state index is 0.00224. The zero-order valence-corrected chi connectivity index (χ0v) is 69.2. The van der Waals surface area contributed by atoms with Crippen LogP contribution in [0.3, 0.4) is 0 Å². The van der Waals surface area contributed by atoms with E-state index in [9.17, 15) is 49.5 Å². The first-order valence-electron chi connectivity index (χ1n) is 41.0. The highest BCUT2D eigenvalue weighted by Gasteiger charge is 2.50. The number of oxazole rings is 1. The summed E-state index contributed by atoms with van der Waals surface area (Å²) in [6.45, 7) is 17.6. The number of aromatic nitrogens is 3. The molecule has 4 aliphatic rings. The number of aliphatic hydroxyl groups excluding tert-OH is 4. The monoisotopic (exact) mass is 1630 g/mol. The van der Waals surface area contributed by atoms with Gasteiger partial charge in [0.1, 0.15) is 47.8 Å². The van der Waals surface area contributed by atoms with Crippen molar-refractivity contribution in [1.82, 2.24) is 30.1 Å². The minimum Gasteiger partial charge on any atom is -0.459 e. The molecule has 4 fully saturated rings. The van der Waals surface area contributed by atoms with E-state index in [1.54, 1.807) is 45.2 Å². The standard InChI is InChI=1S/C82H130N12O22/c1-10-11-15-52(4)66(105-8)47-59-16-14-25-82(104,116-59)76(101)79(102)94-27-13-12-17-62(94)80(103)114-67(60(83)44-56-18-20-63(95)68(45-56)106-9)48-64(96)53(5)43-55(7)74(99)75(100)73(54(6)42-51(2)3)92-113-49-69(97)87-26-31-108-33-35-110-37-39-112-41-40-111-38-36-109-34-32-107-30-24-70(98)93-28-22-58(23-29-93)90-78-71(77(85)88-50-89-78)72(84)57-19-21-65-61(46-57)91-81(86)115-65/h10-11,15,19,21,43,46,50-51,53-54,56,58-60,62-64,66-68,74-75,84,95-96,99-100,104H,12-14,16-18,20,22-42,44-45,47-49,83H2,1-9H3,(H2,86,91)(H,87,97)(H3,85,88,89,90)/b11-10+,52-15+,55-43+,84-72?,92-73+/t53-,54-,56+,59+,60-,62+,63-,64-,66+,67+,68-,74-,75+,82-/m1/s1. The second-order valence-electron chi connectivity index (χ2n) is 31.0. The van der Waals surface area contributed by atoms with Crippen LogP contribution in [0.4, 0.5) is 17.7 Å². The third-order valence-electron chi connectivity index (χ3n) is 21.6. The van der Waals surface area contributed by atoms with E-state index in [1.807, 2.05) is 57.7 Å². The molecular formula is C82H130N12O22. The number of piperidine rings is 2. The van der Waals surface area contributed by atoms with Crippen LogP contribution in [0.25, 0.3) is 11.1 Å². The van der Waals surface area contributed by atoms with Gasteiger partial charge in [-0.2, -0.15) is 4.98 Å². The van der Waals surface area contributed by atoms with Gasteiger partial charge in [-0.25, -0.2) is 14.8 Å². The number of allylic oxidation sites excluding steroid dienone is 3. The number of fused-ring (bicyclic) bond motifs is 1. The van der Waals surface area contributed by atoms with Gasteiger partial charge in [-0.3, -0.25) is 24.6 Å². The maximum Gasteiger partial charge on any atom is 0.329 e. The zero-order valence-electron chi connectivity index (χ0n) is 69.2. The van der Waals surface area contributed by atoms with Crippen LogP contribution < -0.4 is 27.8 Å². The van der Waals surface area contributed by atoms with Crippen molar-refractivity contribution >= 4 is 69.6 Å². The molecule has 7 rings (SSSR count). The number of oxime groups is 1. The number of nitrogens with one attached hydrogen (secondary N) is 3. The number of hydrogen-bond donors (Lipinski definition) is 11. The van der Waals surface area contributed by atoms with Crippen molar-refractivity contribution in [1.29, 1.82) is 5.41 Å². The molecule has 3 saturated heterocycles. The molecule has 650 valence electrons. The van der Waals surface area contributed by atoms with E-state index in [-0.39, 0.29) is 117 Å². The number of benzene rings is 1. The Morgan fingerprint density at radius 3 is 2.11 bits per heavy atom. The van der Waals surface area contributed by atoms with Gasteiger partial charge in [-0.15, -0.1) is 0 Å². The lowest BCUT2D eigenvalue weighted by atomic mass is 9.80. The highest BCUT2D eigenvalue weighted by molar-refractivity contribution is 6.39. The lowest BCUT2D eigenvalue weighted by Gasteiger charge is -2.40. The Morgan fingerprint density at radius 1 is 0.802 bits per heavy atom. The Labute approximate surface area is 681 Å². The molecule has 116 heavy (non-hydrogen) atoms. The quantitative estimate of drug-likeness (QED) is 0.00653. The molecule has 2 aromatic heterocycles. The Morgan fingerprint density at radius 2 is 1.47 bits per heavy atom. The second kappa shape index (κ2) is 49.8. The molecule has 0 unspecified atom stereocenters. The Bertz CT molecular complexity index is 3670. The average Bonchev–Trinajstić information content (AvgIpc) is 1.07. The summed E-state index contributed by atoms with van der Waals surface area (Å²) in [4.78, 5) is 89.9. The number of hydrogen-bond acceptors (Lipinski definition) is 31. The number of ether oxygens (including phenoxy) is 10. The highest BCUT2D eigenvalue weighted by Crippen LogP contribution is 2.36. The minimum atomic E-state index is -2.43. The summed E-state index contributed by atoms with van der Waals surface area (Å²) in [7, 11) is 3.10. The molecule has 1 aromatic carbocycles. The summed E-state index contributed by atoms with van der Waals surface area (Å²) in [5, 5.41) is 77.0. The fourth-order valence-corrected chi connectivity index (χ4v) is 15.0. The summed E-state index contributed by atoms with van der Waals surface area (Å²) in [6.07, 6.45) is 7.25. The van der Waals surface area contributed by atoms with Crippen molar-refractivity contribution in [3.8, 4) is 0 Å². The molecule has 1 aliphatic carbocycles. The SMILES string of the molecule is C/C=C/C=C(\C)[C@H](C[C@@H]1CCC[C@](O)(C(=O)C(=O)N2CCCC[C@H]2C(=O)O[C@@H](C[C@@H](O)[C@H](C)/C=C(\C)[C@@H](O)[C@@H](O)/C(=N/OCC(=O)NCCOCCOCCOCCOCCOCCOCCC(=O)N2CCC(Nc3ncnc(N)c3C(=N)c3ccc4oc(N)nc4c3)CC2)[C@H](C)CC(C)C)[C@H](N)C[C@@H]2CC[C@@H](O)[C@H](OC)C2)O1)OC. The molecule has 0 radical (unpaired) electrons. The van der Waals surface area contributed by atoms with Crippen LogP contribution in [-0.2, 0) is 76.2 Å². The van der Waals surface area contributed by atoms with Gasteiger partial charge in [0.05, 0.1) is 133 Å². The number of likely N-dealkylation sites (tertiary alicyclic amines) is 2. The van der Waals surface area contributed by atoms with Gasteiger partial charge in [0.2, 0.25) is 11.7 Å². The van der Waals surface area contributed by atoms with Crippen molar-refractivity contribution in [2.75, 3.05) is 143 Å². The number of esters is 1. The smallest absolute Gasteiger partial charge is 0.329 e. The maximum absolute atomic E-state index is 14.5. The molecule has 34 nitrogen and oxygen atoms in total. The molecule has 1 saturated carbocycles.